The number of carboxylic acids is 2. The van der Waals surface area contributed by atoms with Gasteiger partial charge in [-0.25, -0.2) is 4.79 Å². The maximum Gasteiger partial charge on any atom is 0.326 e. The van der Waals surface area contributed by atoms with Crippen molar-refractivity contribution in [1.82, 2.24) is 52.8 Å². The van der Waals surface area contributed by atoms with E-state index in [-0.39, 0.29) is 38.0 Å². The number of hydrogen-bond acceptors (Lipinski definition) is 17. The Bertz CT molecular complexity index is 3040. The molecule has 0 radical (unpaired) electrons. The third-order valence-corrected chi connectivity index (χ3v) is 14.8. The number of aliphatic hydroxyl groups is 2. The molecule has 0 bridgehead atoms. The summed E-state index contributed by atoms with van der Waals surface area (Å²) in [6.07, 6.45) is -3.67. The molecule has 4 rings (SSSR count). The first-order valence-corrected chi connectivity index (χ1v) is 29.6. The monoisotopic (exact) mass is 1270 g/mol. The first-order chi connectivity index (χ1) is 42.9. The van der Waals surface area contributed by atoms with E-state index in [1.165, 1.54) is 37.8 Å². The van der Waals surface area contributed by atoms with Gasteiger partial charge in [0.15, 0.2) is 0 Å². The number of nitrogens with zero attached hydrogens (tertiary/aromatic N) is 1. The number of benzene rings is 3. The summed E-state index contributed by atoms with van der Waals surface area (Å²) in [5.74, 6) is -15.1. The minimum Gasteiger partial charge on any atom is -0.508 e. The predicted octanol–water partition coefficient (Wildman–Crippen LogP) is -3.37. The van der Waals surface area contributed by atoms with Gasteiger partial charge in [0.1, 0.15) is 66.2 Å². The Hall–Kier alpha value is -9.55. The SMILES string of the molecule is CC(C)[C@H](NC(=O)[C@H](CC(N)=O)NC(=O)[C@@H](NC(=O)[C@@H]1CCCN1C(=O)[C@@H](NC(=O)[C@@H](N)Cc1ccc(O)cc1)C(C)C)[C@@H](C)O)C(=O)N[C@@H](Cc1ccccc1)C(=O)N[C@@H](CO)C(=O)N[C@@H](CCC(=O)O)C(=O)N[C@@H](C)C(=O)N[C@@H](Cc1ccccc1)C(=O)O. The molecule has 12 atom stereocenters. The number of aliphatic hydroxyl groups excluding tert-OH is 2. The second-order valence-corrected chi connectivity index (χ2v) is 22.9. The van der Waals surface area contributed by atoms with E-state index in [9.17, 15) is 87.9 Å². The number of nitrogens with two attached hydrogens (primary N) is 2. The molecule has 1 aliphatic rings. The summed E-state index contributed by atoms with van der Waals surface area (Å²) >= 11 is 0. The van der Waals surface area contributed by atoms with Crippen LogP contribution in [0.4, 0.5) is 0 Å². The van der Waals surface area contributed by atoms with Crippen molar-refractivity contribution in [2.24, 2.45) is 23.3 Å². The van der Waals surface area contributed by atoms with Gasteiger partial charge in [-0.1, -0.05) is 100 Å². The van der Waals surface area contributed by atoms with E-state index >= 15 is 0 Å². The summed E-state index contributed by atoms with van der Waals surface area (Å²) in [5, 5.41) is 71.7. The fourth-order valence-electron chi connectivity index (χ4n) is 9.67. The van der Waals surface area contributed by atoms with Gasteiger partial charge < -0.3 is 89.8 Å². The van der Waals surface area contributed by atoms with Crippen molar-refractivity contribution in [3.8, 4) is 5.75 Å². The van der Waals surface area contributed by atoms with Gasteiger partial charge in [-0.2, -0.15) is 0 Å². The number of phenolic OH excluding ortho intramolecular Hbond substituents is 1. The first kappa shape index (κ1) is 73.9. The molecule has 0 aromatic heterocycles. The van der Waals surface area contributed by atoms with E-state index in [0.29, 0.717) is 23.1 Å². The van der Waals surface area contributed by atoms with Crippen LogP contribution in [-0.4, -0.2) is 193 Å². The third-order valence-electron chi connectivity index (χ3n) is 14.8. The fourth-order valence-corrected chi connectivity index (χ4v) is 9.67. The minimum atomic E-state index is -1.88. The van der Waals surface area contributed by atoms with Crippen molar-refractivity contribution in [1.29, 1.82) is 0 Å². The Morgan fingerprint density at radius 3 is 1.53 bits per heavy atom. The van der Waals surface area contributed by atoms with E-state index in [0.717, 1.165) is 6.92 Å². The summed E-state index contributed by atoms with van der Waals surface area (Å²) in [4.78, 5) is 176. The van der Waals surface area contributed by atoms with Gasteiger partial charge in [-0.3, -0.25) is 57.5 Å². The Balaban J connectivity index is 1.47. The molecule has 0 spiro atoms. The van der Waals surface area contributed by atoms with Gasteiger partial charge in [0, 0.05) is 25.8 Å². The normalized spacial score (nSPS) is 16.5. The maximum absolute atomic E-state index is 14.3. The van der Waals surface area contributed by atoms with Gasteiger partial charge >= 0.3 is 11.9 Å². The van der Waals surface area contributed by atoms with Crippen LogP contribution >= 0.6 is 0 Å². The van der Waals surface area contributed by atoms with Gasteiger partial charge in [-0.15, -0.1) is 0 Å². The van der Waals surface area contributed by atoms with Gasteiger partial charge in [0.2, 0.25) is 65.0 Å². The van der Waals surface area contributed by atoms with E-state index in [1.807, 2.05) is 0 Å². The number of carbonyl (C=O) groups is 13. The summed E-state index contributed by atoms with van der Waals surface area (Å²) in [6.45, 7) is 7.65. The molecule has 496 valence electrons. The number of carbonyl (C=O) groups excluding carboxylic acids is 11. The Morgan fingerprint density at radius 1 is 0.527 bits per heavy atom. The number of aliphatic carboxylic acids is 2. The molecule has 0 unspecified atom stereocenters. The van der Waals surface area contributed by atoms with Gasteiger partial charge in [-0.05, 0) is 80.2 Å². The van der Waals surface area contributed by atoms with Crippen LogP contribution in [0.15, 0.2) is 84.9 Å². The highest BCUT2D eigenvalue weighted by molar-refractivity contribution is 6.00. The second kappa shape index (κ2) is 35.6. The second-order valence-electron chi connectivity index (χ2n) is 22.9. The van der Waals surface area contributed by atoms with E-state index in [4.69, 9.17) is 11.5 Å². The molecular weight excluding hydrogens is 1190 g/mol. The standard InChI is InChI=1S/C61H84N12O18/c1-31(2)48(70-55(84)42(29-46(63)77)67-59(88)50(34(6)75)72-57(86)45-18-13-25-73(45)60(89)49(32(3)4)71-52(81)39(62)26-37-19-21-38(76)22-20-37)58(87)66-41(27-35-14-9-7-10-15-35)54(83)69-44(30-74)56(85)65-40(23-24-47(78)79)53(82)64-33(5)51(80)68-43(61(90)91)28-36-16-11-8-12-17-36/h7-12,14-17,19-22,31-34,39-45,48-50,74-76H,13,18,23-30,62H2,1-6H3,(H2,63,77)(H,64,82)(H,65,85)(H,66,87)(H,67,88)(H,68,80)(H,69,83)(H,70,84)(H,71,81)(H,72,86)(H,78,79)(H,90,91)/t33-,34+,39-,40-,41-,42-,43-,44-,45-,48-,49-,50-/m0/s1. The van der Waals surface area contributed by atoms with Crippen molar-refractivity contribution in [2.45, 2.75) is 165 Å². The first-order valence-electron chi connectivity index (χ1n) is 29.6. The Labute approximate surface area is 525 Å². The van der Waals surface area contributed by atoms with Crippen molar-refractivity contribution in [3.63, 3.8) is 0 Å². The van der Waals surface area contributed by atoms with Gasteiger partial charge in [0.25, 0.3) is 0 Å². The quantitative estimate of drug-likeness (QED) is 0.0273. The van der Waals surface area contributed by atoms with Gasteiger partial charge in [0.05, 0.1) is 25.2 Å². The lowest BCUT2D eigenvalue weighted by Gasteiger charge is -2.32. The highest BCUT2D eigenvalue weighted by Gasteiger charge is 2.42. The highest BCUT2D eigenvalue weighted by Crippen LogP contribution is 2.22. The summed E-state index contributed by atoms with van der Waals surface area (Å²) in [6, 6.07) is 5.78. The lowest BCUT2D eigenvalue weighted by molar-refractivity contribution is -0.143. The number of likely N-dealkylation sites (tertiary alicyclic amines) is 1. The lowest BCUT2D eigenvalue weighted by atomic mass is 10.00. The fraction of sp³-hybridized carbons (Fsp3) is 0.492. The molecular formula is C61H84N12O18. The number of amides is 11. The number of nitrogens with one attached hydrogen (secondary N) is 9. The van der Waals surface area contributed by atoms with Crippen LogP contribution in [0, 0.1) is 11.8 Å². The van der Waals surface area contributed by atoms with Crippen LogP contribution in [0.5, 0.6) is 5.75 Å². The van der Waals surface area contributed by atoms with Crippen LogP contribution in [0.1, 0.15) is 90.3 Å². The van der Waals surface area contributed by atoms with Crippen molar-refractivity contribution in [3.05, 3.63) is 102 Å². The number of rotatable bonds is 35. The van der Waals surface area contributed by atoms with Crippen LogP contribution in [-0.2, 0) is 81.6 Å². The third kappa shape index (κ3) is 23.4. The number of primary amides is 1. The van der Waals surface area contributed by atoms with Crippen LogP contribution in [0.3, 0.4) is 0 Å². The summed E-state index contributed by atoms with van der Waals surface area (Å²) in [7, 11) is 0. The zero-order valence-electron chi connectivity index (χ0n) is 51.4. The largest absolute Gasteiger partial charge is 0.508 e. The van der Waals surface area contributed by atoms with Crippen LogP contribution in [0.2, 0.25) is 0 Å². The molecule has 1 aliphatic heterocycles. The Kier molecular flexibility index (Phi) is 28.9. The molecule has 18 N–H and O–H groups in total. The summed E-state index contributed by atoms with van der Waals surface area (Å²) < 4.78 is 0. The molecule has 30 heteroatoms. The molecule has 1 saturated heterocycles. The van der Waals surface area contributed by atoms with E-state index < -0.39 is 187 Å². The molecule has 0 saturated carbocycles. The molecule has 1 heterocycles. The number of carboxylic acid groups (broad SMARTS) is 2. The molecule has 3 aromatic rings. The number of phenols is 1. The van der Waals surface area contributed by atoms with Crippen molar-refractivity contribution in [2.75, 3.05) is 13.2 Å². The van der Waals surface area contributed by atoms with Crippen molar-refractivity contribution < 1.29 is 87.9 Å². The predicted molar refractivity (Wildman–Crippen MR) is 325 cm³/mol. The Morgan fingerprint density at radius 2 is 1.00 bits per heavy atom. The molecule has 3 aromatic carbocycles. The number of aromatic hydroxyl groups is 1. The molecule has 91 heavy (non-hydrogen) atoms. The maximum atomic E-state index is 14.3. The zero-order valence-corrected chi connectivity index (χ0v) is 51.4. The zero-order chi connectivity index (χ0) is 67.8. The molecule has 1 fully saturated rings. The van der Waals surface area contributed by atoms with Crippen molar-refractivity contribution >= 4 is 76.9 Å². The molecule has 30 nitrogen and oxygen atoms in total. The molecule has 11 amide bonds. The van der Waals surface area contributed by atoms with E-state index in [1.54, 1.807) is 86.6 Å². The average molecular weight is 1270 g/mol. The lowest BCUT2D eigenvalue weighted by Crippen LogP contribution is -2.63. The van der Waals surface area contributed by atoms with Crippen LogP contribution < -0.4 is 59.3 Å². The average Bonchev–Trinajstić information content (AvgIpc) is 1.82. The summed E-state index contributed by atoms with van der Waals surface area (Å²) in [5.41, 5.74) is 13.4. The number of hydrogen-bond donors (Lipinski definition) is 16. The highest BCUT2D eigenvalue weighted by atomic mass is 16.4. The topological polar surface area (TPSA) is 487 Å². The molecule has 0 aliphatic carbocycles. The minimum absolute atomic E-state index is 0.0178. The van der Waals surface area contributed by atoms with E-state index in [2.05, 4.69) is 47.9 Å². The van der Waals surface area contributed by atoms with Crippen LogP contribution in [0.25, 0.3) is 0 Å². The smallest absolute Gasteiger partial charge is 0.326 e.